The van der Waals surface area contributed by atoms with Crippen molar-refractivity contribution < 1.29 is 14.3 Å². The van der Waals surface area contributed by atoms with Crippen molar-refractivity contribution in [3.8, 4) is 11.1 Å². The number of halogens is 2. The van der Waals surface area contributed by atoms with E-state index in [1.165, 1.54) is 6.07 Å². The van der Waals surface area contributed by atoms with Crippen molar-refractivity contribution in [1.29, 1.82) is 0 Å². The van der Waals surface area contributed by atoms with Gasteiger partial charge in [-0.3, -0.25) is 0 Å². The number of aromatic carboxylic acids is 1. The van der Waals surface area contributed by atoms with Crippen LogP contribution in [0.15, 0.2) is 42.6 Å². The number of fused-ring (bicyclic) bond motifs is 1. The van der Waals surface area contributed by atoms with Gasteiger partial charge in [0.05, 0.1) is 10.6 Å². The van der Waals surface area contributed by atoms with Crippen LogP contribution >= 0.6 is 11.6 Å². The Morgan fingerprint density at radius 3 is 2.77 bits per heavy atom. The van der Waals surface area contributed by atoms with Crippen LogP contribution < -0.4 is 0 Å². The average molecular weight is 318 g/mol. The lowest BCUT2D eigenvalue weighted by atomic mass is 10.0. The lowest BCUT2D eigenvalue weighted by Gasteiger charge is -2.06. The maximum Gasteiger partial charge on any atom is 0.337 e. The summed E-state index contributed by atoms with van der Waals surface area (Å²) in [6.45, 7) is 2.60. The standard InChI is InChI=1S/C17H13ClFNO2/c1-2-20-9-13(17(21)22)12-8-10(6-7-15(12)20)11-4-3-5-14(18)16(11)19/h3-9H,2H2,1H3,(H,21,22). The molecule has 0 radical (unpaired) electrons. The molecule has 112 valence electrons. The average Bonchev–Trinajstić information content (AvgIpc) is 2.88. The molecule has 1 heterocycles. The molecular weight excluding hydrogens is 305 g/mol. The number of carboxylic acids is 1. The van der Waals surface area contributed by atoms with Gasteiger partial charge in [-0.25, -0.2) is 9.18 Å². The summed E-state index contributed by atoms with van der Waals surface area (Å²) in [5.41, 5.74) is 1.98. The largest absolute Gasteiger partial charge is 0.478 e. The number of rotatable bonds is 3. The molecule has 0 aliphatic carbocycles. The van der Waals surface area contributed by atoms with Gasteiger partial charge in [0.15, 0.2) is 0 Å². The zero-order valence-electron chi connectivity index (χ0n) is 11.8. The summed E-state index contributed by atoms with van der Waals surface area (Å²) in [6.07, 6.45) is 1.60. The summed E-state index contributed by atoms with van der Waals surface area (Å²) in [5.74, 6) is -1.50. The monoisotopic (exact) mass is 317 g/mol. The third-order valence-electron chi connectivity index (χ3n) is 3.71. The van der Waals surface area contributed by atoms with E-state index in [0.29, 0.717) is 23.1 Å². The summed E-state index contributed by atoms with van der Waals surface area (Å²) in [5, 5.41) is 9.98. The Morgan fingerprint density at radius 2 is 2.09 bits per heavy atom. The Kier molecular flexibility index (Phi) is 3.62. The molecule has 0 aliphatic rings. The molecule has 0 amide bonds. The molecule has 0 bridgehead atoms. The molecular formula is C17H13ClFNO2. The molecule has 3 aromatic rings. The fourth-order valence-corrected chi connectivity index (χ4v) is 2.80. The van der Waals surface area contributed by atoms with E-state index >= 15 is 0 Å². The van der Waals surface area contributed by atoms with Gasteiger partial charge in [-0.1, -0.05) is 29.8 Å². The van der Waals surface area contributed by atoms with Gasteiger partial charge in [0, 0.05) is 29.2 Å². The van der Waals surface area contributed by atoms with Crippen LogP contribution in [-0.2, 0) is 6.54 Å². The number of hydrogen-bond donors (Lipinski definition) is 1. The van der Waals surface area contributed by atoms with Crippen molar-refractivity contribution in [2.75, 3.05) is 0 Å². The second kappa shape index (κ2) is 5.46. The predicted molar refractivity (Wildman–Crippen MR) is 85.0 cm³/mol. The molecule has 22 heavy (non-hydrogen) atoms. The van der Waals surface area contributed by atoms with E-state index < -0.39 is 11.8 Å². The Bertz CT molecular complexity index is 886. The van der Waals surface area contributed by atoms with E-state index in [1.54, 1.807) is 36.5 Å². The van der Waals surface area contributed by atoms with E-state index in [0.717, 1.165) is 5.52 Å². The second-order valence-corrected chi connectivity index (χ2v) is 5.37. The smallest absolute Gasteiger partial charge is 0.337 e. The van der Waals surface area contributed by atoms with E-state index in [9.17, 15) is 14.3 Å². The Morgan fingerprint density at radius 1 is 1.32 bits per heavy atom. The van der Waals surface area contributed by atoms with Crippen molar-refractivity contribution in [2.45, 2.75) is 13.5 Å². The van der Waals surface area contributed by atoms with Gasteiger partial charge in [-0.2, -0.15) is 0 Å². The van der Waals surface area contributed by atoms with Gasteiger partial charge < -0.3 is 9.67 Å². The Hall–Kier alpha value is -2.33. The third kappa shape index (κ3) is 2.25. The predicted octanol–water partition coefficient (Wildman–Crippen LogP) is 4.82. The number of carboxylic acid groups (broad SMARTS) is 1. The molecule has 5 heteroatoms. The lowest BCUT2D eigenvalue weighted by molar-refractivity contribution is 0.0699. The molecule has 0 saturated heterocycles. The first-order valence-electron chi connectivity index (χ1n) is 6.83. The normalized spacial score (nSPS) is 11.0. The van der Waals surface area contributed by atoms with E-state index in [-0.39, 0.29) is 10.6 Å². The minimum absolute atomic E-state index is 0.0437. The molecule has 0 spiro atoms. The molecule has 3 rings (SSSR count). The van der Waals surface area contributed by atoms with Crippen LogP contribution in [0, 0.1) is 5.82 Å². The highest BCUT2D eigenvalue weighted by atomic mass is 35.5. The number of nitrogens with zero attached hydrogens (tertiary/aromatic N) is 1. The first-order chi connectivity index (χ1) is 10.5. The van der Waals surface area contributed by atoms with Crippen LogP contribution in [0.5, 0.6) is 0 Å². The first-order valence-corrected chi connectivity index (χ1v) is 7.21. The highest BCUT2D eigenvalue weighted by molar-refractivity contribution is 6.31. The van der Waals surface area contributed by atoms with E-state index in [2.05, 4.69) is 0 Å². The molecule has 0 aliphatic heterocycles. The van der Waals surface area contributed by atoms with Gasteiger partial charge in [0.1, 0.15) is 5.82 Å². The lowest BCUT2D eigenvalue weighted by Crippen LogP contribution is -1.94. The van der Waals surface area contributed by atoms with Crippen LogP contribution in [0.3, 0.4) is 0 Å². The number of aromatic nitrogens is 1. The second-order valence-electron chi connectivity index (χ2n) is 4.97. The van der Waals surface area contributed by atoms with Crippen molar-refractivity contribution in [1.82, 2.24) is 4.57 Å². The van der Waals surface area contributed by atoms with Crippen LogP contribution in [-0.4, -0.2) is 15.6 Å². The zero-order valence-corrected chi connectivity index (χ0v) is 12.6. The number of aryl methyl sites for hydroxylation is 1. The van der Waals surface area contributed by atoms with Crippen LogP contribution in [0.25, 0.3) is 22.0 Å². The summed E-state index contributed by atoms with van der Waals surface area (Å²) in [7, 11) is 0. The van der Waals surface area contributed by atoms with Crippen LogP contribution in [0.2, 0.25) is 5.02 Å². The molecule has 0 fully saturated rings. The van der Waals surface area contributed by atoms with Crippen molar-refractivity contribution >= 4 is 28.5 Å². The topological polar surface area (TPSA) is 42.2 Å². The summed E-state index contributed by atoms with van der Waals surface area (Å²) < 4.78 is 16.0. The number of benzene rings is 2. The SMILES string of the molecule is CCn1cc(C(=O)O)c2cc(-c3cccc(Cl)c3F)ccc21. The molecule has 0 atom stereocenters. The molecule has 2 aromatic carbocycles. The maximum atomic E-state index is 14.2. The fourth-order valence-electron chi connectivity index (χ4n) is 2.62. The van der Waals surface area contributed by atoms with E-state index in [1.807, 2.05) is 11.5 Å². The van der Waals surface area contributed by atoms with Gasteiger partial charge in [0.2, 0.25) is 0 Å². The van der Waals surface area contributed by atoms with Crippen LogP contribution in [0.4, 0.5) is 4.39 Å². The maximum absolute atomic E-state index is 14.2. The minimum Gasteiger partial charge on any atom is -0.478 e. The van der Waals surface area contributed by atoms with Crippen LogP contribution in [0.1, 0.15) is 17.3 Å². The summed E-state index contributed by atoms with van der Waals surface area (Å²) >= 11 is 5.82. The van der Waals surface area contributed by atoms with Gasteiger partial charge >= 0.3 is 5.97 Å². The Balaban J connectivity index is 2.27. The number of hydrogen-bond acceptors (Lipinski definition) is 1. The minimum atomic E-state index is -0.999. The highest BCUT2D eigenvalue weighted by Crippen LogP contribution is 2.31. The quantitative estimate of drug-likeness (QED) is 0.752. The van der Waals surface area contributed by atoms with E-state index in [4.69, 9.17) is 11.6 Å². The zero-order chi connectivity index (χ0) is 15.9. The summed E-state index contributed by atoms with van der Waals surface area (Å²) in [6, 6.07) is 10.0. The first kappa shape index (κ1) is 14.6. The molecule has 0 saturated carbocycles. The molecule has 3 nitrogen and oxygen atoms in total. The van der Waals surface area contributed by atoms with Crippen molar-refractivity contribution in [3.63, 3.8) is 0 Å². The number of carbonyl (C=O) groups is 1. The fraction of sp³-hybridized carbons (Fsp3) is 0.118. The molecule has 0 unspecified atom stereocenters. The summed E-state index contributed by atoms with van der Waals surface area (Å²) in [4.78, 5) is 11.4. The van der Waals surface area contributed by atoms with Gasteiger partial charge in [0.25, 0.3) is 0 Å². The molecule has 1 aromatic heterocycles. The van der Waals surface area contributed by atoms with Crippen molar-refractivity contribution in [3.05, 3.63) is 59.0 Å². The van der Waals surface area contributed by atoms with Crippen molar-refractivity contribution in [2.24, 2.45) is 0 Å². The van der Waals surface area contributed by atoms with Gasteiger partial charge in [-0.05, 0) is 30.7 Å². The Labute approximate surface area is 131 Å². The molecule has 1 N–H and O–H groups in total. The highest BCUT2D eigenvalue weighted by Gasteiger charge is 2.16. The third-order valence-corrected chi connectivity index (χ3v) is 4.01. The van der Waals surface area contributed by atoms with Gasteiger partial charge in [-0.15, -0.1) is 0 Å².